The van der Waals surface area contributed by atoms with Gasteiger partial charge in [-0.2, -0.15) is 0 Å². The summed E-state index contributed by atoms with van der Waals surface area (Å²) in [4.78, 5) is 13.0. The van der Waals surface area contributed by atoms with Crippen LogP contribution < -0.4 is 9.47 Å². The summed E-state index contributed by atoms with van der Waals surface area (Å²) in [5.74, 6) is 0.856. The van der Waals surface area contributed by atoms with Crippen LogP contribution in [-0.4, -0.2) is 37.6 Å². The first-order chi connectivity index (χ1) is 11.5. The Morgan fingerprint density at radius 1 is 1.08 bits per heavy atom. The van der Waals surface area contributed by atoms with E-state index in [1.165, 1.54) is 25.8 Å². The molecule has 0 aromatic heterocycles. The molecule has 0 amide bonds. The predicted octanol–water partition coefficient (Wildman–Crippen LogP) is 3.29. The third-order valence-electron chi connectivity index (χ3n) is 3.85. The maximum Gasteiger partial charge on any atom is 0.277 e. The zero-order valence-electron chi connectivity index (χ0n) is 14.2. The van der Waals surface area contributed by atoms with Crippen molar-refractivity contribution in [3.8, 4) is 11.5 Å². The van der Waals surface area contributed by atoms with Gasteiger partial charge in [0.05, 0.1) is 25.2 Å². The number of hydrogen-bond donors (Lipinski definition) is 0. The first-order valence-electron chi connectivity index (χ1n) is 7.67. The molecule has 2 aromatic rings. The summed E-state index contributed by atoms with van der Waals surface area (Å²) in [6.45, 7) is 1.26. The Morgan fingerprint density at radius 3 is 2.29 bits per heavy atom. The Labute approximate surface area is 141 Å². The molecular formula is C18H22N2O4. The lowest BCUT2D eigenvalue weighted by atomic mass is 10.1. The van der Waals surface area contributed by atoms with Gasteiger partial charge in [0, 0.05) is 18.7 Å². The first-order valence-corrected chi connectivity index (χ1v) is 7.67. The molecule has 0 unspecified atom stereocenters. The Kier molecular flexibility index (Phi) is 6.14. The molecule has 2 aromatic carbocycles. The fourth-order valence-electron chi connectivity index (χ4n) is 2.54. The summed E-state index contributed by atoms with van der Waals surface area (Å²) >= 11 is 0. The van der Waals surface area contributed by atoms with Gasteiger partial charge >= 0.3 is 0 Å². The summed E-state index contributed by atoms with van der Waals surface area (Å²) in [5, 5.41) is 11.3. The van der Waals surface area contributed by atoms with Gasteiger partial charge in [-0.1, -0.05) is 30.3 Å². The molecule has 128 valence electrons. The lowest BCUT2D eigenvalue weighted by molar-refractivity contribution is -0.385. The zero-order valence-corrected chi connectivity index (χ0v) is 14.2. The molecule has 0 bridgehead atoms. The molecule has 0 heterocycles. The molecule has 0 aliphatic heterocycles. The van der Waals surface area contributed by atoms with Crippen LogP contribution in [-0.2, 0) is 13.0 Å². The van der Waals surface area contributed by atoms with Crippen LogP contribution >= 0.6 is 0 Å². The van der Waals surface area contributed by atoms with Crippen LogP contribution in [0.2, 0.25) is 0 Å². The van der Waals surface area contributed by atoms with Crippen molar-refractivity contribution in [2.24, 2.45) is 0 Å². The molecular weight excluding hydrogens is 308 g/mol. The van der Waals surface area contributed by atoms with Crippen molar-refractivity contribution < 1.29 is 14.4 Å². The molecule has 0 radical (unpaired) electrons. The molecule has 6 nitrogen and oxygen atoms in total. The summed E-state index contributed by atoms with van der Waals surface area (Å²) in [6.07, 6.45) is 0.887. The fraction of sp³-hybridized carbons (Fsp3) is 0.333. The van der Waals surface area contributed by atoms with E-state index < -0.39 is 0 Å². The highest BCUT2D eigenvalue weighted by molar-refractivity contribution is 5.54. The number of rotatable bonds is 8. The van der Waals surface area contributed by atoms with E-state index in [9.17, 15) is 10.1 Å². The van der Waals surface area contributed by atoms with Gasteiger partial charge in [-0.3, -0.25) is 10.1 Å². The quantitative estimate of drug-likeness (QED) is 0.549. The number of ether oxygens (including phenoxy) is 2. The van der Waals surface area contributed by atoms with Gasteiger partial charge in [0.1, 0.15) is 0 Å². The van der Waals surface area contributed by atoms with Crippen LogP contribution in [0.3, 0.4) is 0 Å². The van der Waals surface area contributed by atoms with E-state index in [1.54, 1.807) is 6.07 Å². The number of nitro groups is 1. The average molecular weight is 330 g/mol. The van der Waals surface area contributed by atoms with E-state index in [0.29, 0.717) is 23.6 Å². The summed E-state index contributed by atoms with van der Waals surface area (Å²) < 4.78 is 10.4. The van der Waals surface area contributed by atoms with Gasteiger partial charge in [-0.15, -0.1) is 0 Å². The van der Waals surface area contributed by atoms with Crippen molar-refractivity contribution in [3.05, 3.63) is 63.7 Å². The van der Waals surface area contributed by atoms with E-state index in [1.807, 2.05) is 25.2 Å². The summed E-state index contributed by atoms with van der Waals surface area (Å²) in [5.41, 5.74) is 1.89. The minimum absolute atomic E-state index is 0.0409. The second-order valence-corrected chi connectivity index (χ2v) is 5.57. The molecule has 0 N–H and O–H groups in total. The van der Waals surface area contributed by atoms with E-state index in [0.717, 1.165) is 13.0 Å². The van der Waals surface area contributed by atoms with Gasteiger partial charge in [0.25, 0.3) is 5.69 Å². The SMILES string of the molecule is COc1cc(CN(C)CCc2ccccc2)c([N+](=O)[O-])cc1OC. The van der Waals surface area contributed by atoms with Gasteiger partial charge in [-0.05, 0) is 25.1 Å². The minimum Gasteiger partial charge on any atom is -0.493 e. The first kappa shape index (κ1) is 17.7. The lowest BCUT2D eigenvalue weighted by Gasteiger charge is -2.18. The van der Waals surface area contributed by atoms with Gasteiger partial charge in [0.2, 0.25) is 0 Å². The van der Waals surface area contributed by atoms with Crippen molar-refractivity contribution in [1.29, 1.82) is 0 Å². The van der Waals surface area contributed by atoms with Crippen molar-refractivity contribution >= 4 is 5.69 Å². The number of benzene rings is 2. The number of hydrogen-bond acceptors (Lipinski definition) is 5. The van der Waals surface area contributed by atoms with Gasteiger partial charge < -0.3 is 14.4 Å². The van der Waals surface area contributed by atoms with Crippen LogP contribution in [0.1, 0.15) is 11.1 Å². The topological polar surface area (TPSA) is 64.8 Å². The molecule has 24 heavy (non-hydrogen) atoms. The lowest BCUT2D eigenvalue weighted by Crippen LogP contribution is -2.21. The number of nitro benzene ring substituents is 1. The van der Waals surface area contributed by atoms with Crippen LogP contribution in [0.25, 0.3) is 0 Å². The van der Waals surface area contributed by atoms with Crippen molar-refractivity contribution in [1.82, 2.24) is 4.90 Å². The van der Waals surface area contributed by atoms with Gasteiger partial charge in [0.15, 0.2) is 11.5 Å². The second-order valence-electron chi connectivity index (χ2n) is 5.57. The monoisotopic (exact) mass is 330 g/mol. The largest absolute Gasteiger partial charge is 0.493 e. The number of methoxy groups -OCH3 is 2. The van der Waals surface area contributed by atoms with E-state index in [-0.39, 0.29) is 10.6 Å². The summed E-state index contributed by atoms with van der Waals surface area (Å²) in [6, 6.07) is 13.2. The average Bonchev–Trinajstić information content (AvgIpc) is 2.60. The highest BCUT2D eigenvalue weighted by atomic mass is 16.6. The molecule has 0 spiro atoms. The Balaban J connectivity index is 2.13. The second kappa shape index (κ2) is 8.31. The number of nitrogens with zero attached hydrogens (tertiary/aromatic N) is 2. The minimum atomic E-state index is -0.387. The van der Waals surface area contributed by atoms with Crippen molar-refractivity contribution in [2.75, 3.05) is 27.8 Å². The van der Waals surface area contributed by atoms with Crippen LogP contribution in [0, 0.1) is 10.1 Å². The predicted molar refractivity (Wildman–Crippen MR) is 92.7 cm³/mol. The maximum atomic E-state index is 11.3. The molecule has 0 fully saturated rings. The Hall–Kier alpha value is -2.60. The van der Waals surface area contributed by atoms with E-state index in [4.69, 9.17) is 9.47 Å². The zero-order chi connectivity index (χ0) is 17.5. The molecule has 0 aliphatic rings. The van der Waals surface area contributed by atoms with Crippen LogP contribution in [0.15, 0.2) is 42.5 Å². The highest BCUT2D eigenvalue weighted by Crippen LogP contribution is 2.34. The highest BCUT2D eigenvalue weighted by Gasteiger charge is 2.20. The molecule has 6 heteroatoms. The maximum absolute atomic E-state index is 11.3. The molecule has 0 saturated carbocycles. The fourth-order valence-corrected chi connectivity index (χ4v) is 2.54. The third-order valence-corrected chi connectivity index (χ3v) is 3.85. The van der Waals surface area contributed by atoms with E-state index >= 15 is 0 Å². The molecule has 0 atom stereocenters. The number of likely N-dealkylation sites (N-methyl/N-ethyl adjacent to an activating group) is 1. The molecule has 0 saturated heterocycles. The Morgan fingerprint density at radius 2 is 1.71 bits per heavy atom. The van der Waals surface area contributed by atoms with Crippen LogP contribution in [0.5, 0.6) is 11.5 Å². The standard InChI is InChI=1S/C18H22N2O4/c1-19(10-9-14-7-5-4-6-8-14)13-15-11-17(23-2)18(24-3)12-16(15)20(21)22/h4-8,11-12H,9-10,13H2,1-3H3. The van der Waals surface area contributed by atoms with Gasteiger partial charge in [-0.25, -0.2) is 0 Å². The van der Waals surface area contributed by atoms with Crippen LogP contribution in [0.4, 0.5) is 5.69 Å². The third kappa shape index (κ3) is 4.45. The van der Waals surface area contributed by atoms with Crippen molar-refractivity contribution in [2.45, 2.75) is 13.0 Å². The Bertz CT molecular complexity index is 689. The summed E-state index contributed by atoms with van der Waals surface area (Å²) in [7, 11) is 4.93. The van der Waals surface area contributed by atoms with E-state index in [2.05, 4.69) is 17.0 Å². The molecule has 0 aliphatic carbocycles. The normalized spacial score (nSPS) is 10.7. The molecule has 2 rings (SSSR count). The van der Waals surface area contributed by atoms with Crippen molar-refractivity contribution in [3.63, 3.8) is 0 Å². The smallest absolute Gasteiger partial charge is 0.277 e.